The van der Waals surface area contributed by atoms with E-state index in [1.165, 1.54) is 0 Å². The molecule has 1 aromatic heterocycles. The van der Waals surface area contributed by atoms with Crippen molar-refractivity contribution in [3.63, 3.8) is 0 Å². The molecule has 3 rings (SSSR count). The van der Waals surface area contributed by atoms with E-state index in [-0.39, 0.29) is 5.91 Å². The molecule has 1 aromatic rings. The monoisotopic (exact) mass is 317 g/mol. The maximum atomic E-state index is 12.7. The van der Waals surface area contributed by atoms with Crippen molar-refractivity contribution in [2.45, 2.75) is 51.2 Å². The molecular weight excluding hydrogens is 294 g/mol. The van der Waals surface area contributed by atoms with E-state index >= 15 is 0 Å². The highest BCUT2D eigenvalue weighted by Gasteiger charge is 2.46. The third kappa shape index (κ3) is 2.95. The molecule has 0 bridgehead atoms. The van der Waals surface area contributed by atoms with E-state index in [1.54, 1.807) is 18.0 Å². The van der Waals surface area contributed by atoms with E-state index in [0.29, 0.717) is 38.0 Å². The summed E-state index contributed by atoms with van der Waals surface area (Å²) >= 11 is 0. The average molecular weight is 317 g/mol. The number of nitrogens with zero attached hydrogens (tertiary/aromatic N) is 3. The van der Waals surface area contributed by atoms with Gasteiger partial charge in [-0.3, -0.25) is 9.78 Å². The van der Waals surface area contributed by atoms with Crippen LogP contribution >= 0.6 is 0 Å². The predicted molar refractivity (Wildman–Crippen MR) is 85.9 cm³/mol. The molecule has 1 N–H and O–H groups in total. The summed E-state index contributed by atoms with van der Waals surface area (Å²) in [7, 11) is 0. The lowest BCUT2D eigenvalue weighted by Gasteiger charge is -2.39. The minimum absolute atomic E-state index is 0.0583. The van der Waals surface area contributed by atoms with Gasteiger partial charge in [-0.25, -0.2) is 0 Å². The Morgan fingerprint density at radius 3 is 2.52 bits per heavy atom. The number of aryl methyl sites for hydroxylation is 1. The lowest BCUT2D eigenvalue weighted by atomic mass is 9.86. The SMILES string of the molecule is CC1=NO[C@](C)(C(=O)N2CCC(O)(c3ccc(C)cn3)CC2)C1. The summed E-state index contributed by atoms with van der Waals surface area (Å²) in [5.74, 6) is -0.0583. The summed E-state index contributed by atoms with van der Waals surface area (Å²) in [4.78, 5) is 24.1. The van der Waals surface area contributed by atoms with E-state index in [2.05, 4.69) is 10.1 Å². The topological polar surface area (TPSA) is 75.0 Å². The van der Waals surface area contributed by atoms with Crippen LogP contribution in [-0.2, 0) is 15.2 Å². The van der Waals surface area contributed by atoms with Crippen molar-refractivity contribution >= 4 is 11.6 Å². The van der Waals surface area contributed by atoms with Gasteiger partial charge in [-0.05, 0) is 45.2 Å². The zero-order chi connectivity index (χ0) is 16.7. The van der Waals surface area contributed by atoms with Crippen LogP contribution in [0.4, 0.5) is 0 Å². The lowest BCUT2D eigenvalue weighted by molar-refractivity contribution is -0.157. The zero-order valence-corrected chi connectivity index (χ0v) is 13.9. The summed E-state index contributed by atoms with van der Waals surface area (Å²) < 4.78 is 0. The van der Waals surface area contributed by atoms with Crippen LogP contribution in [0.15, 0.2) is 23.5 Å². The van der Waals surface area contributed by atoms with E-state index in [0.717, 1.165) is 11.3 Å². The number of carbonyl (C=O) groups is 1. The fourth-order valence-corrected chi connectivity index (χ4v) is 3.26. The second kappa shape index (κ2) is 5.60. The minimum Gasteiger partial charge on any atom is -0.383 e. The first-order valence-electron chi connectivity index (χ1n) is 7.99. The minimum atomic E-state index is -0.964. The Kier molecular flexibility index (Phi) is 3.88. The Morgan fingerprint density at radius 1 is 1.30 bits per heavy atom. The first-order chi connectivity index (χ1) is 10.8. The van der Waals surface area contributed by atoms with Crippen LogP contribution in [0.1, 0.15) is 44.4 Å². The third-order valence-electron chi connectivity index (χ3n) is 4.71. The molecule has 3 heterocycles. The summed E-state index contributed by atoms with van der Waals surface area (Å²) in [6, 6.07) is 3.82. The van der Waals surface area contributed by atoms with Gasteiger partial charge in [-0.15, -0.1) is 0 Å². The van der Waals surface area contributed by atoms with Gasteiger partial charge >= 0.3 is 0 Å². The predicted octanol–water partition coefficient (Wildman–Crippen LogP) is 1.75. The Morgan fingerprint density at radius 2 is 2.00 bits per heavy atom. The van der Waals surface area contributed by atoms with Crippen molar-refractivity contribution in [1.29, 1.82) is 0 Å². The Bertz CT molecular complexity index is 633. The Balaban J connectivity index is 1.66. The number of pyridine rings is 1. The first-order valence-corrected chi connectivity index (χ1v) is 7.99. The molecule has 1 saturated heterocycles. The molecule has 23 heavy (non-hydrogen) atoms. The van der Waals surface area contributed by atoms with Crippen molar-refractivity contribution in [3.05, 3.63) is 29.6 Å². The Labute approximate surface area is 136 Å². The fourth-order valence-electron chi connectivity index (χ4n) is 3.26. The average Bonchev–Trinajstić information content (AvgIpc) is 2.88. The maximum Gasteiger partial charge on any atom is 0.269 e. The van der Waals surface area contributed by atoms with Gasteiger partial charge in [-0.1, -0.05) is 11.2 Å². The molecule has 124 valence electrons. The number of likely N-dealkylation sites (tertiary alicyclic amines) is 1. The smallest absolute Gasteiger partial charge is 0.269 e. The van der Waals surface area contributed by atoms with Gasteiger partial charge in [0.2, 0.25) is 5.60 Å². The molecule has 2 aliphatic rings. The largest absolute Gasteiger partial charge is 0.383 e. The maximum absolute atomic E-state index is 12.7. The number of hydrogen-bond donors (Lipinski definition) is 1. The van der Waals surface area contributed by atoms with Crippen molar-refractivity contribution in [1.82, 2.24) is 9.88 Å². The van der Waals surface area contributed by atoms with E-state index in [1.807, 2.05) is 26.0 Å². The van der Waals surface area contributed by atoms with Crippen LogP contribution in [0.5, 0.6) is 0 Å². The summed E-state index contributed by atoms with van der Waals surface area (Å²) in [5, 5.41) is 14.7. The van der Waals surface area contributed by atoms with E-state index in [4.69, 9.17) is 4.84 Å². The lowest BCUT2D eigenvalue weighted by Crippen LogP contribution is -2.52. The van der Waals surface area contributed by atoms with Crippen molar-refractivity contribution in [2.75, 3.05) is 13.1 Å². The second-order valence-corrected chi connectivity index (χ2v) is 6.87. The molecular formula is C17H23N3O3. The molecule has 0 spiro atoms. The van der Waals surface area contributed by atoms with Crippen LogP contribution in [0.2, 0.25) is 0 Å². The van der Waals surface area contributed by atoms with Crippen LogP contribution in [0.3, 0.4) is 0 Å². The van der Waals surface area contributed by atoms with Crippen LogP contribution in [0.25, 0.3) is 0 Å². The number of carbonyl (C=O) groups excluding carboxylic acids is 1. The number of piperidine rings is 1. The quantitative estimate of drug-likeness (QED) is 0.902. The van der Waals surface area contributed by atoms with Gasteiger partial charge < -0.3 is 14.8 Å². The summed E-state index contributed by atoms with van der Waals surface area (Å²) in [6.45, 7) is 6.58. The molecule has 6 heteroatoms. The normalized spacial score (nSPS) is 26.6. The van der Waals surface area contributed by atoms with Gasteiger partial charge in [-0.2, -0.15) is 0 Å². The van der Waals surface area contributed by atoms with Crippen LogP contribution in [0, 0.1) is 6.92 Å². The highest BCUT2D eigenvalue weighted by atomic mass is 16.7. The van der Waals surface area contributed by atoms with E-state index in [9.17, 15) is 9.90 Å². The number of aliphatic hydroxyl groups is 1. The molecule has 0 aromatic carbocycles. The fraction of sp³-hybridized carbons (Fsp3) is 0.588. The van der Waals surface area contributed by atoms with Crippen LogP contribution in [-0.4, -0.2) is 45.3 Å². The molecule has 1 amide bonds. The first kappa shape index (κ1) is 15.9. The number of rotatable bonds is 2. The molecule has 6 nitrogen and oxygen atoms in total. The van der Waals surface area contributed by atoms with E-state index < -0.39 is 11.2 Å². The van der Waals surface area contributed by atoms with Crippen LogP contribution < -0.4 is 0 Å². The highest BCUT2D eigenvalue weighted by molar-refractivity contribution is 5.94. The molecule has 0 unspecified atom stereocenters. The number of aromatic nitrogens is 1. The number of oxime groups is 1. The van der Waals surface area contributed by atoms with Gasteiger partial charge in [0.25, 0.3) is 5.91 Å². The van der Waals surface area contributed by atoms with Crippen molar-refractivity contribution < 1.29 is 14.7 Å². The number of amides is 1. The van der Waals surface area contributed by atoms with Gasteiger partial charge in [0.1, 0.15) is 5.60 Å². The van der Waals surface area contributed by atoms with Gasteiger partial charge in [0.15, 0.2) is 0 Å². The van der Waals surface area contributed by atoms with Gasteiger partial charge in [0.05, 0.1) is 11.4 Å². The Hall–Kier alpha value is -1.95. The molecule has 0 aliphatic carbocycles. The number of hydrogen-bond acceptors (Lipinski definition) is 5. The molecule has 0 radical (unpaired) electrons. The molecule has 2 aliphatic heterocycles. The summed E-state index contributed by atoms with van der Waals surface area (Å²) in [6.07, 6.45) is 3.24. The molecule has 0 saturated carbocycles. The molecule has 1 fully saturated rings. The standard InChI is InChI=1S/C17H23N3O3/c1-12-4-5-14(18-11-12)17(22)6-8-20(9-7-17)15(21)16(3)10-13(2)19-23-16/h4-5,11,22H,6-10H2,1-3H3/t16-/m0/s1. The second-order valence-electron chi connectivity index (χ2n) is 6.87. The molecule has 1 atom stereocenters. The van der Waals surface area contributed by atoms with Crippen molar-refractivity contribution in [2.24, 2.45) is 5.16 Å². The third-order valence-corrected chi connectivity index (χ3v) is 4.71. The zero-order valence-electron chi connectivity index (χ0n) is 13.9. The van der Waals surface area contributed by atoms with Gasteiger partial charge in [0, 0.05) is 25.7 Å². The summed E-state index contributed by atoms with van der Waals surface area (Å²) in [5.41, 5.74) is 0.707. The van der Waals surface area contributed by atoms with Crippen molar-refractivity contribution in [3.8, 4) is 0 Å². The highest BCUT2D eigenvalue weighted by Crippen LogP contribution is 2.34.